The molecule has 0 bridgehead atoms. The molecular formula is C30H29FN2O2S. The molecule has 1 aliphatic heterocycles. The largest absolute Gasteiger partial charge is 0.352 e. The SMILES string of the molecule is O=C(NCc1ccccc1)C1CCC2S/C(=C\c3ccccc3)C(=O)N(Cc3ccc(F)cc3)C2C1. The lowest BCUT2D eigenvalue weighted by Crippen LogP contribution is -2.53. The van der Waals surface area contributed by atoms with Gasteiger partial charge >= 0.3 is 0 Å². The number of carbonyl (C=O) groups is 2. The van der Waals surface area contributed by atoms with Crippen molar-refractivity contribution in [1.82, 2.24) is 10.2 Å². The van der Waals surface area contributed by atoms with E-state index < -0.39 is 0 Å². The van der Waals surface area contributed by atoms with Crippen LogP contribution in [-0.2, 0) is 22.7 Å². The van der Waals surface area contributed by atoms with Gasteiger partial charge in [-0.2, -0.15) is 0 Å². The van der Waals surface area contributed by atoms with E-state index in [1.54, 1.807) is 23.9 Å². The van der Waals surface area contributed by atoms with Crippen molar-refractivity contribution in [3.63, 3.8) is 0 Å². The summed E-state index contributed by atoms with van der Waals surface area (Å²) < 4.78 is 13.5. The van der Waals surface area contributed by atoms with E-state index in [9.17, 15) is 14.0 Å². The van der Waals surface area contributed by atoms with Crippen LogP contribution in [0.3, 0.4) is 0 Å². The summed E-state index contributed by atoms with van der Waals surface area (Å²) in [6.45, 7) is 0.895. The number of hydrogen-bond acceptors (Lipinski definition) is 3. The summed E-state index contributed by atoms with van der Waals surface area (Å²) >= 11 is 1.64. The number of carbonyl (C=O) groups excluding carboxylic acids is 2. The Labute approximate surface area is 215 Å². The number of benzene rings is 3. The van der Waals surface area contributed by atoms with Crippen molar-refractivity contribution in [1.29, 1.82) is 0 Å². The highest BCUT2D eigenvalue weighted by Gasteiger charge is 2.44. The number of hydrogen-bond donors (Lipinski definition) is 1. The summed E-state index contributed by atoms with van der Waals surface area (Å²) in [7, 11) is 0. The second kappa shape index (κ2) is 11.1. The first-order valence-corrected chi connectivity index (χ1v) is 13.3. The van der Waals surface area contributed by atoms with E-state index in [-0.39, 0.29) is 34.8 Å². The number of nitrogens with one attached hydrogen (secondary N) is 1. The average molecular weight is 501 g/mol. The molecule has 1 aliphatic carbocycles. The molecule has 1 saturated carbocycles. The second-order valence-corrected chi connectivity index (χ2v) is 10.7. The predicted molar refractivity (Wildman–Crippen MR) is 142 cm³/mol. The topological polar surface area (TPSA) is 49.4 Å². The highest BCUT2D eigenvalue weighted by Crippen LogP contribution is 2.44. The minimum absolute atomic E-state index is 0.0280. The fraction of sp³-hybridized carbons (Fsp3) is 0.267. The van der Waals surface area contributed by atoms with Crippen LogP contribution in [0.1, 0.15) is 36.0 Å². The third kappa shape index (κ3) is 5.71. The van der Waals surface area contributed by atoms with Gasteiger partial charge in [0.05, 0.1) is 4.91 Å². The van der Waals surface area contributed by atoms with Crippen molar-refractivity contribution in [2.45, 2.75) is 43.6 Å². The molecule has 0 aromatic heterocycles. The summed E-state index contributed by atoms with van der Waals surface area (Å²) in [5.74, 6) is -0.421. The van der Waals surface area contributed by atoms with E-state index in [2.05, 4.69) is 5.32 Å². The van der Waals surface area contributed by atoms with Crippen molar-refractivity contribution in [3.05, 3.63) is 112 Å². The molecular weight excluding hydrogens is 471 g/mol. The molecule has 3 aromatic rings. The molecule has 1 saturated heterocycles. The molecule has 2 amide bonds. The molecule has 2 fully saturated rings. The standard InChI is InChI=1S/C30H29FN2O2S/c31-25-14-11-23(12-15-25)20-33-26-18-24(29(34)32-19-22-9-5-2-6-10-22)13-16-27(26)36-28(30(33)35)17-21-7-3-1-4-8-21/h1-12,14-15,17,24,26-27H,13,16,18-20H2,(H,32,34)/b28-17-. The lowest BCUT2D eigenvalue weighted by molar-refractivity contribution is -0.133. The van der Waals surface area contributed by atoms with Gasteiger partial charge in [-0.25, -0.2) is 4.39 Å². The molecule has 0 spiro atoms. The van der Waals surface area contributed by atoms with Gasteiger partial charge in [0.1, 0.15) is 5.82 Å². The molecule has 184 valence electrons. The number of fused-ring (bicyclic) bond motifs is 1. The molecule has 1 heterocycles. The number of amides is 2. The number of rotatable bonds is 6. The second-order valence-electron chi connectivity index (χ2n) is 9.42. The molecule has 2 aliphatic rings. The highest BCUT2D eigenvalue weighted by atomic mass is 32.2. The maximum atomic E-state index is 13.7. The third-order valence-corrected chi connectivity index (χ3v) is 8.35. The van der Waals surface area contributed by atoms with Gasteiger partial charge in [-0.3, -0.25) is 9.59 Å². The lowest BCUT2D eigenvalue weighted by Gasteiger charge is -2.46. The summed E-state index contributed by atoms with van der Waals surface area (Å²) in [4.78, 5) is 29.4. The van der Waals surface area contributed by atoms with Crippen LogP contribution in [0.4, 0.5) is 4.39 Å². The van der Waals surface area contributed by atoms with Crippen LogP contribution >= 0.6 is 11.8 Å². The van der Waals surface area contributed by atoms with Gasteiger partial charge in [-0.15, -0.1) is 11.8 Å². The maximum Gasteiger partial charge on any atom is 0.260 e. The quantitative estimate of drug-likeness (QED) is 0.436. The zero-order chi connectivity index (χ0) is 24.9. The number of nitrogens with zero attached hydrogens (tertiary/aromatic N) is 1. The van der Waals surface area contributed by atoms with Crippen molar-refractivity contribution in [3.8, 4) is 0 Å². The average Bonchev–Trinajstić information content (AvgIpc) is 2.91. The zero-order valence-electron chi connectivity index (χ0n) is 20.0. The summed E-state index contributed by atoms with van der Waals surface area (Å²) in [6, 6.07) is 26.0. The van der Waals surface area contributed by atoms with Gasteiger partial charge in [-0.1, -0.05) is 72.8 Å². The summed E-state index contributed by atoms with van der Waals surface area (Å²) in [6.07, 6.45) is 4.24. The Kier molecular flexibility index (Phi) is 7.52. The van der Waals surface area contributed by atoms with Crippen molar-refractivity contribution in [2.24, 2.45) is 5.92 Å². The summed E-state index contributed by atoms with van der Waals surface area (Å²) in [5, 5.41) is 3.30. The van der Waals surface area contributed by atoms with Crippen molar-refractivity contribution < 1.29 is 14.0 Å². The highest BCUT2D eigenvalue weighted by molar-refractivity contribution is 8.04. The van der Waals surface area contributed by atoms with Gasteiger partial charge in [0, 0.05) is 30.3 Å². The van der Waals surface area contributed by atoms with Gasteiger partial charge in [0.25, 0.3) is 5.91 Å². The van der Waals surface area contributed by atoms with Crippen LogP contribution in [0.2, 0.25) is 0 Å². The predicted octanol–water partition coefficient (Wildman–Crippen LogP) is 5.80. The van der Waals surface area contributed by atoms with Crippen LogP contribution < -0.4 is 5.32 Å². The molecule has 36 heavy (non-hydrogen) atoms. The molecule has 0 radical (unpaired) electrons. The first kappa shape index (κ1) is 24.3. The van der Waals surface area contributed by atoms with E-state index in [1.807, 2.05) is 71.6 Å². The number of halogens is 1. The third-order valence-electron chi connectivity index (χ3n) is 6.95. The lowest BCUT2D eigenvalue weighted by atomic mass is 9.83. The fourth-order valence-corrected chi connectivity index (χ4v) is 6.45. The van der Waals surface area contributed by atoms with Crippen LogP contribution in [0.5, 0.6) is 0 Å². The smallest absolute Gasteiger partial charge is 0.260 e. The van der Waals surface area contributed by atoms with Crippen LogP contribution in [0.15, 0.2) is 89.8 Å². The molecule has 3 unspecified atom stereocenters. The Bertz CT molecular complexity index is 1230. The van der Waals surface area contributed by atoms with E-state index in [4.69, 9.17) is 0 Å². The van der Waals surface area contributed by atoms with E-state index >= 15 is 0 Å². The molecule has 1 N–H and O–H groups in total. The van der Waals surface area contributed by atoms with Crippen LogP contribution in [0.25, 0.3) is 6.08 Å². The zero-order valence-corrected chi connectivity index (χ0v) is 20.8. The van der Waals surface area contributed by atoms with Crippen molar-refractivity contribution >= 4 is 29.7 Å². The maximum absolute atomic E-state index is 13.7. The Morgan fingerprint density at radius 3 is 2.36 bits per heavy atom. The Morgan fingerprint density at radius 1 is 0.944 bits per heavy atom. The molecule has 3 atom stereocenters. The Balaban J connectivity index is 1.35. The van der Waals surface area contributed by atoms with Gasteiger partial charge in [0.2, 0.25) is 5.91 Å². The first-order chi connectivity index (χ1) is 17.6. The van der Waals surface area contributed by atoms with E-state index in [0.717, 1.165) is 34.4 Å². The van der Waals surface area contributed by atoms with E-state index in [0.29, 0.717) is 19.5 Å². The monoisotopic (exact) mass is 500 g/mol. The Hall–Kier alpha value is -3.38. The molecule has 4 nitrogen and oxygen atoms in total. The van der Waals surface area contributed by atoms with Crippen LogP contribution in [-0.4, -0.2) is 28.0 Å². The van der Waals surface area contributed by atoms with Crippen LogP contribution in [0, 0.1) is 11.7 Å². The normalized spacial score (nSPS) is 22.8. The van der Waals surface area contributed by atoms with Gasteiger partial charge in [-0.05, 0) is 54.2 Å². The van der Waals surface area contributed by atoms with Crippen molar-refractivity contribution in [2.75, 3.05) is 0 Å². The molecule has 3 aromatic carbocycles. The Morgan fingerprint density at radius 2 is 1.64 bits per heavy atom. The fourth-order valence-electron chi connectivity index (χ4n) is 5.03. The first-order valence-electron chi connectivity index (χ1n) is 12.4. The minimum atomic E-state index is -0.297. The minimum Gasteiger partial charge on any atom is -0.352 e. The molecule has 6 heteroatoms. The van der Waals surface area contributed by atoms with Gasteiger partial charge in [0.15, 0.2) is 0 Å². The van der Waals surface area contributed by atoms with E-state index in [1.165, 1.54) is 12.1 Å². The van der Waals surface area contributed by atoms with Gasteiger partial charge < -0.3 is 10.2 Å². The summed E-state index contributed by atoms with van der Waals surface area (Å²) in [5.41, 5.74) is 2.93. The number of thioether (sulfide) groups is 1. The molecule has 5 rings (SSSR count).